The molecule has 1 fully saturated rings. The number of para-hydroxylation sites is 1. The van der Waals surface area contributed by atoms with E-state index in [1.54, 1.807) is 18.2 Å². The van der Waals surface area contributed by atoms with Crippen molar-refractivity contribution in [2.24, 2.45) is 0 Å². The number of ether oxygens (including phenoxy) is 1. The van der Waals surface area contributed by atoms with Gasteiger partial charge >= 0.3 is 0 Å². The Bertz CT molecular complexity index is 1230. The topological polar surface area (TPSA) is 78.9 Å². The summed E-state index contributed by atoms with van der Waals surface area (Å²) < 4.78 is 5.76. The van der Waals surface area contributed by atoms with Crippen LogP contribution in [0.15, 0.2) is 78.9 Å². The second kappa shape index (κ2) is 11.4. The fourth-order valence-corrected chi connectivity index (χ4v) is 5.68. The van der Waals surface area contributed by atoms with Crippen molar-refractivity contribution in [3.05, 3.63) is 101 Å². The van der Waals surface area contributed by atoms with E-state index in [9.17, 15) is 14.7 Å². The van der Waals surface area contributed by atoms with Crippen molar-refractivity contribution >= 4 is 23.4 Å². The Labute approximate surface area is 222 Å². The monoisotopic (exact) mass is 518 g/mol. The second-order valence-corrected chi connectivity index (χ2v) is 10.1. The fraction of sp³-hybridized carbons (Fsp3) is 0.333. The molecule has 37 heavy (non-hydrogen) atoms. The van der Waals surface area contributed by atoms with Crippen LogP contribution in [0.2, 0.25) is 5.02 Å². The van der Waals surface area contributed by atoms with Crippen molar-refractivity contribution in [1.82, 2.24) is 10.2 Å². The first-order valence-electron chi connectivity index (χ1n) is 12.8. The van der Waals surface area contributed by atoms with Crippen molar-refractivity contribution < 1.29 is 19.4 Å². The Balaban J connectivity index is 1.47. The molecule has 3 aromatic rings. The number of aliphatic hydroxyl groups excluding tert-OH is 1. The van der Waals surface area contributed by atoms with Crippen LogP contribution < -0.4 is 10.1 Å². The van der Waals surface area contributed by atoms with Crippen molar-refractivity contribution in [3.63, 3.8) is 0 Å². The Hall–Kier alpha value is -3.35. The summed E-state index contributed by atoms with van der Waals surface area (Å²) in [5, 5.41) is 13.8. The zero-order valence-electron chi connectivity index (χ0n) is 20.6. The number of nitrogens with zero attached hydrogens (tertiary/aromatic N) is 1. The van der Waals surface area contributed by atoms with Crippen LogP contribution in [0.3, 0.4) is 0 Å². The zero-order valence-corrected chi connectivity index (χ0v) is 21.3. The summed E-state index contributed by atoms with van der Waals surface area (Å²) in [6, 6.07) is 23.7. The molecule has 1 saturated carbocycles. The van der Waals surface area contributed by atoms with Crippen LogP contribution in [0, 0.1) is 0 Å². The van der Waals surface area contributed by atoms with Gasteiger partial charge in [0, 0.05) is 16.6 Å². The van der Waals surface area contributed by atoms with E-state index in [4.69, 9.17) is 16.3 Å². The van der Waals surface area contributed by atoms with Crippen LogP contribution in [0.25, 0.3) is 0 Å². The molecule has 0 saturated heterocycles. The summed E-state index contributed by atoms with van der Waals surface area (Å²) in [5.41, 5.74) is 2.14. The molecule has 0 aromatic heterocycles. The molecule has 6 nitrogen and oxygen atoms in total. The lowest BCUT2D eigenvalue weighted by atomic mass is 9.77. The number of carbonyl (C=O) groups excluding carboxylic acids is 2. The first-order chi connectivity index (χ1) is 18.0. The largest absolute Gasteiger partial charge is 0.492 e. The second-order valence-electron chi connectivity index (χ2n) is 9.69. The van der Waals surface area contributed by atoms with Gasteiger partial charge in [-0.25, -0.2) is 0 Å². The van der Waals surface area contributed by atoms with Gasteiger partial charge in [0.15, 0.2) is 0 Å². The molecule has 1 aliphatic heterocycles. The van der Waals surface area contributed by atoms with Gasteiger partial charge in [-0.05, 0) is 67.1 Å². The zero-order chi connectivity index (χ0) is 25.8. The highest BCUT2D eigenvalue weighted by molar-refractivity contribution is 6.30. The Morgan fingerprint density at radius 2 is 1.62 bits per heavy atom. The molecule has 0 radical (unpaired) electrons. The lowest BCUT2D eigenvalue weighted by Gasteiger charge is -2.47. The molecule has 2 aliphatic rings. The highest BCUT2D eigenvalue weighted by atomic mass is 35.5. The number of carbonyl (C=O) groups is 2. The van der Waals surface area contributed by atoms with E-state index in [-0.39, 0.29) is 24.0 Å². The minimum atomic E-state index is -0.598. The van der Waals surface area contributed by atoms with E-state index in [1.807, 2.05) is 65.6 Å². The highest BCUT2D eigenvalue weighted by Crippen LogP contribution is 2.46. The maximum Gasteiger partial charge on any atom is 0.254 e. The number of amides is 2. The standard InChI is InChI=1S/C30H31ClN2O4/c31-21-12-10-20(11-13-21)28-27(29(35)32-18-19-37-24-6-2-1-3-7-24)25-8-4-5-9-26(25)30(36)33(28)22-14-16-23(34)17-15-22/h1-13,22-23,27-28,34H,14-19H2,(H,32,35)/t22-,23-,27-,28+/m1/s1. The number of hydrogen-bond donors (Lipinski definition) is 2. The van der Waals surface area contributed by atoms with Gasteiger partial charge in [-0.2, -0.15) is 0 Å². The predicted octanol–water partition coefficient (Wildman–Crippen LogP) is 5.12. The average Bonchev–Trinajstić information content (AvgIpc) is 2.93. The Kier molecular flexibility index (Phi) is 7.77. The normalized spacial score (nSPS) is 23.3. The number of benzene rings is 3. The van der Waals surface area contributed by atoms with E-state index < -0.39 is 12.0 Å². The molecule has 192 valence electrons. The van der Waals surface area contributed by atoms with Gasteiger partial charge in [-0.1, -0.05) is 60.1 Å². The van der Waals surface area contributed by atoms with Crippen molar-refractivity contribution in [2.75, 3.05) is 13.2 Å². The van der Waals surface area contributed by atoms with E-state index in [2.05, 4.69) is 5.32 Å². The lowest BCUT2D eigenvalue weighted by molar-refractivity contribution is -0.124. The van der Waals surface area contributed by atoms with Gasteiger partial charge in [0.25, 0.3) is 5.91 Å². The maximum absolute atomic E-state index is 13.9. The molecular weight excluding hydrogens is 488 g/mol. The predicted molar refractivity (Wildman–Crippen MR) is 143 cm³/mol. The molecule has 0 spiro atoms. The molecule has 1 heterocycles. The molecule has 0 bridgehead atoms. The number of nitrogens with one attached hydrogen (secondary N) is 1. The molecule has 1 aliphatic carbocycles. The van der Waals surface area contributed by atoms with Crippen molar-refractivity contribution in [3.8, 4) is 5.75 Å². The lowest BCUT2D eigenvalue weighted by Crippen LogP contribution is -2.52. The first-order valence-corrected chi connectivity index (χ1v) is 13.2. The molecular formula is C30H31ClN2O4. The fourth-order valence-electron chi connectivity index (χ4n) is 5.56. The number of fused-ring (bicyclic) bond motifs is 1. The van der Waals surface area contributed by atoms with Crippen molar-refractivity contribution in [1.29, 1.82) is 0 Å². The van der Waals surface area contributed by atoms with Gasteiger partial charge in [-0.3, -0.25) is 9.59 Å². The average molecular weight is 519 g/mol. The van der Waals surface area contributed by atoms with Crippen LogP contribution in [0.4, 0.5) is 0 Å². The van der Waals surface area contributed by atoms with Crippen molar-refractivity contribution in [2.45, 2.75) is 49.8 Å². The molecule has 2 amide bonds. The third-order valence-corrected chi connectivity index (χ3v) is 7.60. The summed E-state index contributed by atoms with van der Waals surface area (Å²) in [7, 11) is 0. The molecule has 3 aromatic carbocycles. The number of rotatable bonds is 7. The summed E-state index contributed by atoms with van der Waals surface area (Å²) >= 11 is 6.19. The molecule has 7 heteroatoms. The third kappa shape index (κ3) is 5.50. The Morgan fingerprint density at radius 3 is 2.35 bits per heavy atom. The quantitative estimate of drug-likeness (QED) is 0.425. The number of aliphatic hydroxyl groups is 1. The molecule has 2 N–H and O–H groups in total. The van der Waals surface area contributed by atoms with E-state index in [0.717, 1.165) is 16.9 Å². The number of hydrogen-bond acceptors (Lipinski definition) is 4. The third-order valence-electron chi connectivity index (χ3n) is 7.34. The molecule has 0 unspecified atom stereocenters. The van der Waals surface area contributed by atoms with Crippen LogP contribution in [-0.4, -0.2) is 47.1 Å². The SMILES string of the molecule is O=C(NCCOc1ccccc1)[C@@H]1c2ccccc2C(=O)N([C@H]2CC[C@H](O)CC2)[C@H]1c1ccc(Cl)cc1. The summed E-state index contributed by atoms with van der Waals surface area (Å²) in [4.78, 5) is 29.6. The summed E-state index contributed by atoms with van der Waals surface area (Å²) in [6.07, 6.45) is 2.31. The van der Waals surface area contributed by atoms with Crippen LogP contribution in [-0.2, 0) is 4.79 Å². The van der Waals surface area contributed by atoms with Crippen LogP contribution in [0.5, 0.6) is 5.75 Å². The maximum atomic E-state index is 13.9. The van der Waals surface area contributed by atoms with E-state index in [0.29, 0.717) is 49.4 Å². The molecule has 5 rings (SSSR count). The minimum Gasteiger partial charge on any atom is -0.492 e. The van der Waals surface area contributed by atoms with Gasteiger partial charge < -0.3 is 20.1 Å². The van der Waals surface area contributed by atoms with E-state index >= 15 is 0 Å². The van der Waals surface area contributed by atoms with Gasteiger partial charge in [0.1, 0.15) is 12.4 Å². The summed E-state index contributed by atoms with van der Waals surface area (Å²) in [6.45, 7) is 0.669. The first kappa shape index (κ1) is 25.3. The van der Waals surface area contributed by atoms with Gasteiger partial charge in [-0.15, -0.1) is 0 Å². The number of halogens is 1. The van der Waals surface area contributed by atoms with Crippen LogP contribution >= 0.6 is 11.6 Å². The van der Waals surface area contributed by atoms with E-state index in [1.165, 1.54) is 0 Å². The van der Waals surface area contributed by atoms with Gasteiger partial charge in [0.05, 0.1) is 24.6 Å². The Morgan fingerprint density at radius 1 is 0.946 bits per heavy atom. The van der Waals surface area contributed by atoms with Crippen LogP contribution in [0.1, 0.15) is 59.1 Å². The minimum absolute atomic E-state index is 0.0679. The molecule has 2 atom stereocenters. The van der Waals surface area contributed by atoms with Gasteiger partial charge in [0.2, 0.25) is 5.91 Å². The smallest absolute Gasteiger partial charge is 0.254 e. The summed E-state index contributed by atoms with van der Waals surface area (Å²) in [5.74, 6) is -0.0838. The highest BCUT2D eigenvalue weighted by Gasteiger charge is 2.46.